The zero-order valence-electron chi connectivity index (χ0n) is 26.7. The van der Waals surface area contributed by atoms with Crippen LogP contribution < -0.4 is 4.90 Å². The van der Waals surface area contributed by atoms with Crippen LogP contribution in [0, 0.1) is 0 Å². The molecular formula is C45H30N2O. The number of fused-ring (bicyclic) bond motifs is 9. The van der Waals surface area contributed by atoms with Gasteiger partial charge in [0.2, 0.25) is 0 Å². The van der Waals surface area contributed by atoms with Crippen molar-refractivity contribution in [1.29, 1.82) is 0 Å². The maximum atomic E-state index is 6.46. The van der Waals surface area contributed by atoms with Gasteiger partial charge in [0, 0.05) is 38.4 Å². The van der Waals surface area contributed by atoms with E-state index in [-0.39, 0.29) is 5.41 Å². The van der Waals surface area contributed by atoms with Gasteiger partial charge < -0.3 is 13.9 Å². The van der Waals surface area contributed by atoms with E-state index in [1.807, 2.05) is 6.07 Å². The summed E-state index contributed by atoms with van der Waals surface area (Å²) in [4.78, 5) is 2.49. The number of aromatic nitrogens is 1. The van der Waals surface area contributed by atoms with Crippen molar-refractivity contribution in [3.05, 3.63) is 157 Å². The van der Waals surface area contributed by atoms with Crippen LogP contribution in [0.2, 0.25) is 0 Å². The second-order valence-electron chi connectivity index (χ2n) is 13.7. The van der Waals surface area contributed by atoms with Crippen molar-refractivity contribution >= 4 is 60.8 Å². The molecule has 0 bridgehead atoms. The predicted molar refractivity (Wildman–Crippen MR) is 199 cm³/mol. The molecule has 3 heteroatoms. The highest BCUT2D eigenvalue weighted by molar-refractivity contribution is 6.21. The van der Waals surface area contributed by atoms with Crippen LogP contribution in [0.15, 0.2) is 150 Å². The van der Waals surface area contributed by atoms with Gasteiger partial charge in [-0.3, -0.25) is 0 Å². The zero-order chi connectivity index (χ0) is 31.7. The molecule has 7 aromatic carbocycles. The number of para-hydroxylation sites is 4. The fraction of sp³-hybridized carbons (Fsp3) is 0.0667. The number of hydrogen-bond acceptors (Lipinski definition) is 2. The molecular weight excluding hydrogens is 585 g/mol. The first-order valence-corrected chi connectivity index (χ1v) is 16.7. The Kier molecular flexibility index (Phi) is 4.91. The Morgan fingerprint density at radius 3 is 2.17 bits per heavy atom. The summed E-state index contributed by atoms with van der Waals surface area (Å²) >= 11 is 0. The largest absolute Gasteiger partial charge is 0.456 e. The third-order valence-corrected chi connectivity index (χ3v) is 10.9. The number of nitrogens with zero attached hydrogens (tertiary/aromatic N) is 2. The van der Waals surface area contributed by atoms with Crippen molar-refractivity contribution in [3.63, 3.8) is 0 Å². The van der Waals surface area contributed by atoms with Crippen LogP contribution in [-0.2, 0) is 5.41 Å². The molecule has 3 heterocycles. The smallest absolute Gasteiger partial charge is 0.137 e. The second-order valence-corrected chi connectivity index (χ2v) is 13.7. The molecule has 2 aliphatic rings. The van der Waals surface area contributed by atoms with E-state index in [9.17, 15) is 0 Å². The summed E-state index contributed by atoms with van der Waals surface area (Å²) < 4.78 is 8.99. The van der Waals surface area contributed by atoms with Crippen molar-refractivity contribution in [2.24, 2.45) is 0 Å². The van der Waals surface area contributed by atoms with E-state index in [1.54, 1.807) is 0 Å². The molecule has 2 aromatic heterocycles. The molecule has 0 amide bonds. The lowest BCUT2D eigenvalue weighted by molar-refractivity contribution is 0.661. The third-order valence-electron chi connectivity index (χ3n) is 10.9. The van der Waals surface area contributed by atoms with Gasteiger partial charge in [-0.2, -0.15) is 0 Å². The first-order valence-electron chi connectivity index (χ1n) is 16.7. The molecule has 1 aliphatic heterocycles. The van der Waals surface area contributed by atoms with E-state index in [1.165, 1.54) is 66.6 Å². The standard InChI is InChI=1S/C45H30N2O/c1-45(2)33-20-12-19-30-28-16-6-9-21-34(28)47-35-22-10-7-17-29(35)32-26-37(43(45)42(40(30)33)44(32)47)46(27-14-4-3-5-15-27)36-23-13-25-39-41(36)31-18-8-11-24-38(31)48-39/h3-26H,1-2H3. The lowest BCUT2D eigenvalue weighted by atomic mass is 9.80. The van der Waals surface area contributed by atoms with Crippen LogP contribution in [-0.4, -0.2) is 4.57 Å². The van der Waals surface area contributed by atoms with E-state index in [2.05, 4.69) is 163 Å². The zero-order valence-corrected chi connectivity index (χ0v) is 26.7. The number of rotatable bonds is 3. The van der Waals surface area contributed by atoms with Crippen LogP contribution in [0.4, 0.5) is 17.1 Å². The van der Waals surface area contributed by atoms with Crippen molar-refractivity contribution in [3.8, 4) is 27.9 Å². The van der Waals surface area contributed by atoms with Crippen molar-refractivity contribution < 1.29 is 4.42 Å². The molecule has 0 saturated heterocycles. The normalized spacial score (nSPS) is 13.8. The fourth-order valence-corrected chi connectivity index (χ4v) is 8.94. The molecule has 0 unspecified atom stereocenters. The highest BCUT2D eigenvalue weighted by atomic mass is 16.3. The fourth-order valence-electron chi connectivity index (χ4n) is 8.94. The minimum absolute atomic E-state index is 0.267. The Balaban J connectivity index is 1.37. The molecule has 48 heavy (non-hydrogen) atoms. The van der Waals surface area contributed by atoms with Gasteiger partial charge in [0.25, 0.3) is 0 Å². The topological polar surface area (TPSA) is 21.3 Å². The highest BCUT2D eigenvalue weighted by Gasteiger charge is 2.44. The Bertz CT molecular complexity index is 2820. The molecule has 0 fully saturated rings. The number of anilines is 3. The van der Waals surface area contributed by atoms with Crippen LogP contribution >= 0.6 is 0 Å². The van der Waals surface area contributed by atoms with Gasteiger partial charge in [-0.15, -0.1) is 0 Å². The average molecular weight is 615 g/mol. The van der Waals surface area contributed by atoms with E-state index in [0.717, 1.165) is 33.3 Å². The number of benzene rings is 7. The molecule has 0 N–H and O–H groups in total. The van der Waals surface area contributed by atoms with Gasteiger partial charge >= 0.3 is 0 Å². The first-order chi connectivity index (χ1) is 23.6. The first kappa shape index (κ1) is 26.1. The molecule has 0 atom stereocenters. The minimum Gasteiger partial charge on any atom is -0.456 e. The molecule has 9 aromatic rings. The summed E-state index contributed by atoms with van der Waals surface area (Å²) in [6.45, 7) is 4.82. The number of hydrogen-bond donors (Lipinski definition) is 0. The van der Waals surface area contributed by atoms with Gasteiger partial charge in [-0.05, 0) is 70.8 Å². The molecule has 1 aliphatic carbocycles. The van der Waals surface area contributed by atoms with E-state index in [4.69, 9.17) is 4.42 Å². The monoisotopic (exact) mass is 614 g/mol. The van der Waals surface area contributed by atoms with Gasteiger partial charge in [-0.25, -0.2) is 0 Å². The predicted octanol–water partition coefficient (Wildman–Crippen LogP) is 12.4. The summed E-state index contributed by atoms with van der Waals surface area (Å²) in [7, 11) is 0. The molecule has 0 saturated carbocycles. The Labute approximate surface area is 277 Å². The highest BCUT2D eigenvalue weighted by Crippen LogP contribution is 2.62. The average Bonchev–Trinajstić information content (AvgIpc) is 3.72. The van der Waals surface area contributed by atoms with E-state index >= 15 is 0 Å². The Hall–Kier alpha value is -6.06. The van der Waals surface area contributed by atoms with Crippen molar-refractivity contribution in [2.45, 2.75) is 19.3 Å². The van der Waals surface area contributed by atoms with Crippen molar-refractivity contribution in [2.75, 3.05) is 4.90 Å². The molecule has 226 valence electrons. The maximum absolute atomic E-state index is 6.46. The third kappa shape index (κ3) is 3.14. The Morgan fingerprint density at radius 2 is 1.27 bits per heavy atom. The van der Waals surface area contributed by atoms with Gasteiger partial charge in [0.15, 0.2) is 0 Å². The molecule has 3 nitrogen and oxygen atoms in total. The second kappa shape index (κ2) is 9.05. The molecule has 0 radical (unpaired) electrons. The lowest BCUT2D eigenvalue weighted by Gasteiger charge is -2.33. The van der Waals surface area contributed by atoms with Crippen molar-refractivity contribution in [1.82, 2.24) is 4.57 Å². The van der Waals surface area contributed by atoms with Crippen LogP contribution in [0.3, 0.4) is 0 Å². The van der Waals surface area contributed by atoms with Crippen LogP contribution in [0.25, 0.3) is 71.7 Å². The lowest BCUT2D eigenvalue weighted by Crippen LogP contribution is -2.21. The summed E-state index contributed by atoms with van der Waals surface area (Å²) in [5, 5.41) is 4.77. The summed E-state index contributed by atoms with van der Waals surface area (Å²) in [5.41, 5.74) is 16.7. The summed E-state index contributed by atoms with van der Waals surface area (Å²) in [5.74, 6) is 0. The summed E-state index contributed by atoms with van der Waals surface area (Å²) in [6, 6.07) is 53.0. The van der Waals surface area contributed by atoms with Gasteiger partial charge in [-0.1, -0.05) is 111 Å². The van der Waals surface area contributed by atoms with Gasteiger partial charge in [0.1, 0.15) is 11.2 Å². The summed E-state index contributed by atoms with van der Waals surface area (Å²) in [6.07, 6.45) is 0. The molecule has 11 rings (SSSR count). The van der Waals surface area contributed by atoms with Crippen LogP contribution in [0.5, 0.6) is 0 Å². The van der Waals surface area contributed by atoms with Crippen LogP contribution in [0.1, 0.15) is 25.0 Å². The van der Waals surface area contributed by atoms with Gasteiger partial charge in [0.05, 0.1) is 33.5 Å². The molecule has 0 spiro atoms. The SMILES string of the molecule is CC1(C)c2cccc3c2-c2c1c(N(c1ccccc1)c1cccc4oc5ccccc5c14)cc1c4ccccc4n(c21)-c1ccccc1-3. The number of furan rings is 1. The van der Waals surface area contributed by atoms with E-state index in [0.29, 0.717) is 0 Å². The maximum Gasteiger partial charge on any atom is 0.137 e. The Morgan fingerprint density at radius 1 is 0.562 bits per heavy atom. The van der Waals surface area contributed by atoms with E-state index < -0.39 is 0 Å². The minimum atomic E-state index is -0.267. The quantitative estimate of drug-likeness (QED) is 0.197.